The minimum Gasteiger partial charge on any atom is -0.451 e. The van der Waals surface area contributed by atoms with Crippen molar-refractivity contribution in [3.63, 3.8) is 0 Å². The molecule has 0 bridgehead atoms. The maximum atomic E-state index is 13.5. The summed E-state index contributed by atoms with van der Waals surface area (Å²) in [5.74, 6) is 0.638. The largest absolute Gasteiger partial charge is 0.451 e. The maximum absolute atomic E-state index is 13.5. The first kappa shape index (κ1) is 29.9. The van der Waals surface area contributed by atoms with Crippen molar-refractivity contribution in [3.05, 3.63) is 54.1 Å². The SMILES string of the molecule is CNCC(=O)N(C)CC(=O)O[C@@H](CC(C)C)C(=O)N1CCN(c2nc(-c3ccccc3)nc3cc(C)ccc23)CC1. The molecule has 0 unspecified atom stereocenters. The van der Waals surface area contributed by atoms with Crippen molar-refractivity contribution >= 4 is 34.5 Å². The summed E-state index contributed by atoms with van der Waals surface area (Å²) in [6.45, 7) is 8.06. The molecule has 0 saturated carbocycles. The number of hydrogen-bond donors (Lipinski definition) is 1. The molecule has 2 heterocycles. The van der Waals surface area contributed by atoms with Gasteiger partial charge in [0.25, 0.3) is 5.91 Å². The number of benzene rings is 2. The minimum atomic E-state index is -0.894. The number of hydrogen-bond acceptors (Lipinski definition) is 8. The standard InChI is InChI=1S/C31H40N6O4/c1-21(2)17-26(41-28(39)20-35(5)27(38)19-32-4)31(40)37-15-13-36(14-16-37)30-24-12-11-22(3)18-25(24)33-29(34-30)23-9-7-6-8-10-23/h6-12,18,21,26,32H,13-17,19-20H2,1-5H3/t26-/m0/s1. The molecule has 0 radical (unpaired) electrons. The molecule has 1 aliphatic heterocycles. The first-order chi connectivity index (χ1) is 19.7. The molecular formula is C31H40N6O4. The van der Waals surface area contributed by atoms with Crippen LogP contribution in [0.3, 0.4) is 0 Å². The number of ether oxygens (including phenoxy) is 1. The third-order valence-electron chi connectivity index (χ3n) is 7.11. The molecule has 10 nitrogen and oxygen atoms in total. The summed E-state index contributed by atoms with van der Waals surface area (Å²) >= 11 is 0. The van der Waals surface area contributed by atoms with E-state index in [0.29, 0.717) is 38.4 Å². The number of carbonyl (C=O) groups excluding carboxylic acids is 3. The van der Waals surface area contributed by atoms with E-state index in [4.69, 9.17) is 14.7 Å². The van der Waals surface area contributed by atoms with Crippen molar-refractivity contribution in [1.29, 1.82) is 0 Å². The van der Waals surface area contributed by atoms with E-state index in [-0.39, 0.29) is 30.8 Å². The number of nitrogens with one attached hydrogen (secondary N) is 1. The van der Waals surface area contributed by atoms with E-state index >= 15 is 0 Å². The van der Waals surface area contributed by atoms with E-state index in [1.165, 1.54) is 4.90 Å². The summed E-state index contributed by atoms with van der Waals surface area (Å²) in [4.78, 5) is 53.3. The van der Waals surface area contributed by atoms with Gasteiger partial charge in [-0.1, -0.05) is 50.2 Å². The fraction of sp³-hybridized carbons (Fsp3) is 0.452. The van der Waals surface area contributed by atoms with Crippen LogP contribution in [0, 0.1) is 12.8 Å². The molecule has 218 valence electrons. The van der Waals surface area contributed by atoms with Crippen LogP contribution < -0.4 is 10.2 Å². The second-order valence-corrected chi connectivity index (χ2v) is 11.0. The quantitative estimate of drug-likeness (QED) is 0.377. The predicted octanol–water partition coefficient (Wildman–Crippen LogP) is 2.89. The molecular weight excluding hydrogens is 520 g/mol. The van der Waals surface area contributed by atoms with E-state index in [0.717, 1.165) is 27.8 Å². The fourth-order valence-electron chi connectivity index (χ4n) is 4.91. The number of nitrogens with zero attached hydrogens (tertiary/aromatic N) is 5. The van der Waals surface area contributed by atoms with E-state index in [1.807, 2.05) is 51.1 Å². The number of carbonyl (C=O) groups is 3. The number of amides is 2. The number of aromatic nitrogens is 2. The van der Waals surface area contributed by atoms with Gasteiger partial charge in [0.1, 0.15) is 12.4 Å². The first-order valence-corrected chi connectivity index (χ1v) is 14.1. The molecule has 1 aromatic heterocycles. The van der Waals surface area contributed by atoms with Crippen LogP contribution in [0.25, 0.3) is 22.3 Å². The Labute approximate surface area is 241 Å². The van der Waals surface area contributed by atoms with Gasteiger partial charge in [0.2, 0.25) is 5.91 Å². The normalized spacial score (nSPS) is 14.3. The van der Waals surface area contributed by atoms with Gasteiger partial charge in [-0.3, -0.25) is 14.4 Å². The zero-order chi connectivity index (χ0) is 29.5. The van der Waals surface area contributed by atoms with E-state index in [1.54, 1.807) is 19.0 Å². The number of aryl methyl sites for hydroxylation is 1. The average molecular weight is 561 g/mol. The van der Waals surface area contributed by atoms with Gasteiger partial charge in [0.05, 0.1) is 12.1 Å². The van der Waals surface area contributed by atoms with Crippen LogP contribution in [0.4, 0.5) is 5.82 Å². The van der Waals surface area contributed by atoms with Gasteiger partial charge in [0.15, 0.2) is 11.9 Å². The first-order valence-electron chi connectivity index (χ1n) is 14.1. The van der Waals surface area contributed by atoms with Gasteiger partial charge in [-0.05, 0) is 44.0 Å². The zero-order valence-corrected chi connectivity index (χ0v) is 24.6. The highest BCUT2D eigenvalue weighted by Crippen LogP contribution is 2.29. The van der Waals surface area contributed by atoms with E-state index in [2.05, 4.69) is 28.4 Å². The highest BCUT2D eigenvalue weighted by atomic mass is 16.5. The minimum absolute atomic E-state index is 0.122. The van der Waals surface area contributed by atoms with Crippen LogP contribution in [0.2, 0.25) is 0 Å². The Balaban J connectivity index is 1.48. The van der Waals surface area contributed by atoms with Gasteiger partial charge in [0, 0.05) is 44.2 Å². The lowest BCUT2D eigenvalue weighted by atomic mass is 10.0. The van der Waals surface area contributed by atoms with Gasteiger partial charge >= 0.3 is 5.97 Å². The van der Waals surface area contributed by atoms with Crippen molar-refractivity contribution in [2.24, 2.45) is 5.92 Å². The molecule has 10 heteroatoms. The Morgan fingerprint density at radius 1 is 1.02 bits per heavy atom. The maximum Gasteiger partial charge on any atom is 0.326 e. The van der Waals surface area contributed by atoms with Gasteiger partial charge < -0.3 is 24.8 Å². The number of fused-ring (bicyclic) bond motifs is 1. The van der Waals surface area contributed by atoms with E-state index in [9.17, 15) is 14.4 Å². The summed E-state index contributed by atoms with van der Waals surface area (Å²) in [6, 6.07) is 16.1. The molecule has 1 atom stereocenters. The van der Waals surface area contributed by atoms with Crippen LogP contribution in [0.5, 0.6) is 0 Å². The molecule has 2 aromatic carbocycles. The number of rotatable bonds is 10. The predicted molar refractivity (Wildman–Crippen MR) is 159 cm³/mol. The molecule has 1 fully saturated rings. The van der Waals surface area contributed by atoms with Gasteiger partial charge in [-0.25, -0.2) is 9.97 Å². The monoisotopic (exact) mass is 560 g/mol. The fourth-order valence-corrected chi connectivity index (χ4v) is 4.91. The lowest BCUT2D eigenvalue weighted by Gasteiger charge is -2.37. The van der Waals surface area contributed by atoms with Crippen molar-refractivity contribution in [2.75, 3.05) is 58.3 Å². The van der Waals surface area contributed by atoms with Crippen LogP contribution in [-0.2, 0) is 19.1 Å². The lowest BCUT2D eigenvalue weighted by molar-refractivity contribution is -0.163. The van der Waals surface area contributed by atoms with E-state index < -0.39 is 12.1 Å². The molecule has 2 amide bonds. The summed E-state index contributed by atoms with van der Waals surface area (Å²) in [7, 11) is 3.21. The Hall–Kier alpha value is -4.05. The van der Waals surface area contributed by atoms with Crippen molar-refractivity contribution < 1.29 is 19.1 Å². The Bertz CT molecular complexity index is 1370. The van der Waals surface area contributed by atoms with Crippen molar-refractivity contribution in [2.45, 2.75) is 33.3 Å². The molecule has 3 aromatic rings. The summed E-state index contributed by atoms with van der Waals surface area (Å²) in [5.41, 5.74) is 2.96. The Morgan fingerprint density at radius 2 is 1.73 bits per heavy atom. The molecule has 1 aliphatic rings. The third-order valence-corrected chi connectivity index (χ3v) is 7.11. The molecule has 41 heavy (non-hydrogen) atoms. The third kappa shape index (κ3) is 7.58. The highest BCUT2D eigenvalue weighted by Gasteiger charge is 2.32. The molecule has 0 aliphatic carbocycles. The molecule has 4 rings (SSSR count). The van der Waals surface area contributed by atoms with Crippen LogP contribution in [-0.4, -0.2) is 97.0 Å². The summed E-state index contributed by atoms with van der Waals surface area (Å²) in [6.07, 6.45) is -0.482. The van der Waals surface area contributed by atoms with Crippen molar-refractivity contribution in [3.8, 4) is 11.4 Å². The average Bonchev–Trinajstić information content (AvgIpc) is 2.96. The van der Waals surface area contributed by atoms with Crippen LogP contribution in [0.15, 0.2) is 48.5 Å². The van der Waals surface area contributed by atoms with Crippen molar-refractivity contribution in [1.82, 2.24) is 25.1 Å². The zero-order valence-electron chi connectivity index (χ0n) is 24.6. The summed E-state index contributed by atoms with van der Waals surface area (Å²) < 4.78 is 5.64. The number of likely N-dealkylation sites (N-methyl/N-ethyl adjacent to an activating group) is 2. The van der Waals surface area contributed by atoms with Gasteiger partial charge in [-0.2, -0.15) is 0 Å². The topological polar surface area (TPSA) is 108 Å². The second-order valence-electron chi connectivity index (χ2n) is 11.0. The molecule has 1 N–H and O–H groups in total. The Morgan fingerprint density at radius 3 is 2.39 bits per heavy atom. The summed E-state index contributed by atoms with van der Waals surface area (Å²) in [5, 5.41) is 3.74. The molecule has 0 spiro atoms. The molecule has 1 saturated heterocycles. The second kappa shape index (κ2) is 13.5. The van der Waals surface area contributed by atoms with Crippen LogP contribution in [0.1, 0.15) is 25.8 Å². The lowest BCUT2D eigenvalue weighted by Crippen LogP contribution is -2.53. The smallest absolute Gasteiger partial charge is 0.326 e. The number of esters is 1. The Kier molecular flexibility index (Phi) is 9.88. The number of piperazine rings is 1. The number of anilines is 1. The van der Waals surface area contributed by atoms with Crippen LogP contribution >= 0.6 is 0 Å². The highest BCUT2D eigenvalue weighted by molar-refractivity contribution is 5.92. The van der Waals surface area contributed by atoms with Gasteiger partial charge in [-0.15, -0.1) is 0 Å².